The molecule has 114 valence electrons. The molecule has 0 saturated heterocycles. The third kappa shape index (κ3) is 2.07. The Balaban J connectivity index is 1.93. The minimum atomic E-state index is 0.930. The molecular formula is C22H13BrO. The van der Waals surface area contributed by atoms with Crippen LogP contribution in [0.5, 0.6) is 0 Å². The summed E-state index contributed by atoms with van der Waals surface area (Å²) < 4.78 is 7.34. The summed E-state index contributed by atoms with van der Waals surface area (Å²) in [5, 5.41) is 4.73. The molecule has 0 spiro atoms. The van der Waals surface area contributed by atoms with E-state index in [1.807, 2.05) is 6.07 Å². The van der Waals surface area contributed by atoms with Gasteiger partial charge in [0.25, 0.3) is 0 Å². The second kappa shape index (κ2) is 5.22. The van der Waals surface area contributed by atoms with Crippen molar-refractivity contribution in [2.24, 2.45) is 0 Å². The standard InChI is InChI=1S/C22H13BrO/c23-17-12-18(14-6-2-1-3-7-14)22-20(13-17)19-10-15-8-4-5-9-16(15)11-21(19)24-22/h1-13H. The van der Waals surface area contributed by atoms with Crippen molar-refractivity contribution in [3.05, 3.63) is 83.3 Å². The van der Waals surface area contributed by atoms with Crippen molar-refractivity contribution in [3.8, 4) is 11.1 Å². The molecule has 0 amide bonds. The van der Waals surface area contributed by atoms with Gasteiger partial charge in [-0.25, -0.2) is 0 Å². The number of benzene rings is 4. The zero-order valence-corrected chi connectivity index (χ0v) is 14.4. The van der Waals surface area contributed by atoms with Gasteiger partial charge in [0.15, 0.2) is 0 Å². The molecule has 0 radical (unpaired) electrons. The lowest BCUT2D eigenvalue weighted by Gasteiger charge is -2.03. The molecule has 1 heterocycles. The van der Waals surface area contributed by atoms with Gasteiger partial charge in [-0.1, -0.05) is 70.5 Å². The first kappa shape index (κ1) is 13.8. The zero-order valence-electron chi connectivity index (χ0n) is 12.8. The Morgan fingerprint density at radius 1 is 0.667 bits per heavy atom. The molecule has 1 nitrogen and oxygen atoms in total. The Hall–Kier alpha value is -2.58. The maximum absolute atomic E-state index is 6.28. The van der Waals surface area contributed by atoms with Gasteiger partial charge >= 0.3 is 0 Å². The lowest BCUT2D eigenvalue weighted by atomic mass is 10.0. The number of hydrogen-bond acceptors (Lipinski definition) is 1. The highest BCUT2D eigenvalue weighted by molar-refractivity contribution is 9.10. The van der Waals surface area contributed by atoms with Crippen LogP contribution in [-0.4, -0.2) is 0 Å². The van der Waals surface area contributed by atoms with Crippen molar-refractivity contribution in [2.75, 3.05) is 0 Å². The van der Waals surface area contributed by atoms with Crippen LogP contribution in [0.1, 0.15) is 0 Å². The Labute approximate surface area is 147 Å². The van der Waals surface area contributed by atoms with Crippen molar-refractivity contribution in [2.45, 2.75) is 0 Å². The highest BCUT2D eigenvalue weighted by atomic mass is 79.9. The van der Waals surface area contributed by atoms with Crippen LogP contribution in [-0.2, 0) is 0 Å². The van der Waals surface area contributed by atoms with E-state index in [1.54, 1.807) is 0 Å². The van der Waals surface area contributed by atoms with Crippen LogP contribution >= 0.6 is 15.9 Å². The first-order valence-electron chi connectivity index (χ1n) is 7.89. The molecule has 4 aromatic carbocycles. The van der Waals surface area contributed by atoms with Gasteiger partial charge in [0.1, 0.15) is 11.2 Å². The summed E-state index contributed by atoms with van der Waals surface area (Å²) in [6.45, 7) is 0. The number of hydrogen-bond donors (Lipinski definition) is 0. The summed E-state index contributed by atoms with van der Waals surface area (Å²) in [4.78, 5) is 0. The summed E-state index contributed by atoms with van der Waals surface area (Å²) in [7, 11) is 0. The fourth-order valence-electron chi connectivity index (χ4n) is 3.36. The molecule has 0 atom stereocenters. The second-order valence-electron chi connectivity index (χ2n) is 5.99. The van der Waals surface area contributed by atoms with E-state index in [1.165, 1.54) is 10.8 Å². The van der Waals surface area contributed by atoms with E-state index in [4.69, 9.17) is 4.42 Å². The first-order valence-corrected chi connectivity index (χ1v) is 8.69. The van der Waals surface area contributed by atoms with Gasteiger partial charge in [-0.15, -0.1) is 0 Å². The lowest BCUT2D eigenvalue weighted by Crippen LogP contribution is -1.79. The van der Waals surface area contributed by atoms with Crippen molar-refractivity contribution in [3.63, 3.8) is 0 Å². The maximum atomic E-state index is 6.28. The van der Waals surface area contributed by atoms with Crippen molar-refractivity contribution >= 4 is 48.6 Å². The third-order valence-corrected chi connectivity index (χ3v) is 4.95. The molecule has 0 N–H and O–H groups in total. The van der Waals surface area contributed by atoms with Crippen LogP contribution in [0.15, 0.2) is 87.8 Å². The quantitative estimate of drug-likeness (QED) is 0.304. The molecule has 1 aromatic heterocycles. The average molecular weight is 373 g/mol. The largest absolute Gasteiger partial charge is 0.455 e. The predicted octanol–water partition coefficient (Wildman–Crippen LogP) is 7.17. The zero-order chi connectivity index (χ0) is 16.1. The summed E-state index contributed by atoms with van der Waals surface area (Å²) in [6, 6.07) is 27.4. The summed E-state index contributed by atoms with van der Waals surface area (Å²) in [5.41, 5.74) is 4.14. The molecule has 5 rings (SSSR count). The highest BCUT2D eigenvalue weighted by Crippen LogP contribution is 2.39. The van der Waals surface area contributed by atoms with E-state index >= 15 is 0 Å². The van der Waals surface area contributed by atoms with E-state index in [9.17, 15) is 0 Å². The molecule has 0 fully saturated rings. The predicted molar refractivity (Wildman–Crippen MR) is 104 cm³/mol. The van der Waals surface area contributed by atoms with Crippen LogP contribution in [0.4, 0.5) is 0 Å². The Morgan fingerprint density at radius 2 is 1.38 bits per heavy atom. The smallest absolute Gasteiger partial charge is 0.143 e. The van der Waals surface area contributed by atoms with Gasteiger partial charge in [-0.05, 0) is 40.6 Å². The molecule has 5 aromatic rings. The van der Waals surface area contributed by atoms with Crippen LogP contribution < -0.4 is 0 Å². The summed E-state index contributed by atoms with van der Waals surface area (Å²) in [6.07, 6.45) is 0. The van der Waals surface area contributed by atoms with Crippen molar-refractivity contribution in [1.29, 1.82) is 0 Å². The summed E-state index contributed by atoms with van der Waals surface area (Å²) >= 11 is 3.66. The van der Waals surface area contributed by atoms with Gasteiger partial charge in [-0.3, -0.25) is 0 Å². The average Bonchev–Trinajstić information content (AvgIpc) is 2.97. The molecule has 2 heteroatoms. The van der Waals surface area contributed by atoms with Crippen LogP contribution in [0.3, 0.4) is 0 Å². The van der Waals surface area contributed by atoms with E-state index in [0.717, 1.165) is 37.5 Å². The van der Waals surface area contributed by atoms with E-state index in [0.29, 0.717) is 0 Å². The van der Waals surface area contributed by atoms with Crippen LogP contribution in [0, 0.1) is 0 Å². The second-order valence-corrected chi connectivity index (χ2v) is 6.91. The fraction of sp³-hybridized carbons (Fsp3) is 0. The SMILES string of the molecule is Brc1cc(-c2ccccc2)c2oc3cc4ccccc4cc3c2c1. The van der Waals surface area contributed by atoms with E-state index < -0.39 is 0 Å². The molecule has 0 aliphatic rings. The third-order valence-electron chi connectivity index (χ3n) is 4.49. The molecule has 0 bridgehead atoms. The number of halogens is 1. The van der Waals surface area contributed by atoms with Gasteiger partial charge in [0.2, 0.25) is 0 Å². The lowest BCUT2D eigenvalue weighted by molar-refractivity contribution is 0.670. The molecule has 0 saturated carbocycles. The Morgan fingerprint density at radius 3 is 2.17 bits per heavy atom. The first-order chi connectivity index (χ1) is 11.8. The minimum Gasteiger partial charge on any atom is -0.455 e. The number of rotatable bonds is 1. The monoisotopic (exact) mass is 372 g/mol. The molecule has 0 aliphatic carbocycles. The number of furan rings is 1. The van der Waals surface area contributed by atoms with Crippen molar-refractivity contribution in [1.82, 2.24) is 0 Å². The molecular weight excluding hydrogens is 360 g/mol. The maximum Gasteiger partial charge on any atom is 0.143 e. The topological polar surface area (TPSA) is 13.1 Å². The Kier molecular flexibility index (Phi) is 3.00. The van der Waals surface area contributed by atoms with Gasteiger partial charge in [0.05, 0.1) is 0 Å². The van der Waals surface area contributed by atoms with Crippen molar-refractivity contribution < 1.29 is 4.42 Å². The minimum absolute atomic E-state index is 0.930. The van der Waals surface area contributed by atoms with Gasteiger partial charge in [-0.2, -0.15) is 0 Å². The van der Waals surface area contributed by atoms with Gasteiger partial charge < -0.3 is 4.42 Å². The fourth-order valence-corrected chi connectivity index (χ4v) is 3.82. The molecule has 0 aliphatic heterocycles. The van der Waals surface area contributed by atoms with Crippen LogP contribution in [0.2, 0.25) is 0 Å². The summed E-state index contributed by atoms with van der Waals surface area (Å²) in [5.74, 6) is 0. The Bertz CT molecular complexity index is 1200. The molecule has 24 heavy (non-hydrogen) atoms. The van der Waals surface area contributed by atoms with E-state index in [2.05, 4.69) is 88.7 Å². The van der Waals surface area contributed by atoms with E-state index in [-0.39, 0.29) is 0 Å². The van der Waals surface area contributed by atoms with Crippen LogP contribution in [0.25, 0.3) is 43.8 Å². The normalized spacial score (nSPS) is 11.5. The van der Waals surface area contributed by atoms with Gasteiger partial charge in [0, 0.05) is 20.8 Å². The number of fused-ring (bicyclic) bond motifs is 4. The highest BCUT2D eigenvalue weighted by Gasteiger charge is 2.14. The molecule has 0 unspecified atom stereocenters.